The molecular formula is C22H27ClFN7O4S. The molecule has 0 unspecified atom stereocenters. The Morgan fingerprint density at radius 3 is 2.83 bits per heavy atom. The highest BCUT2D eigenvalue weighted by atomic mass is 35.5. The van der Waals surface area contributed by atoms with E-state index in [2.05, 4.69) is 30.4 Å². The zero-order valence-electron chi connectivity index (χ0n) is 28.8. The van der Waals surface area contributed by atoms with Gasteiger partial charge in [-0.25, -0.2) is 27.6 Å². The highest BCUT2D eigenvalue weighted by Gasteiger charge is 2.22. The molecule has 1 atom stereocenters. The third-order valence-electron chi connectivity index (χ3n) is 4.49. The van der Waals surface area contributed by atoms with Crippen LogP contribution >= 0.6 is 11.6 Å². The second kappa shape index (κ2) is 11.1. The molecule has 3 rings (SSSR count). The number of halogens is 2. The topological polar surface area (TPSA) is 140 Å². The van der Waals surface area contributed by atoms with Crippen molar-refractivity contribution in [2.45, 2.75) is 32.7 Å². The van der Waals surface area contributed by atoms with Gasteiger partial charge in [0.25, 0.3) is 0 Å². The van der Waals surface area contributed by atoms with Crippen molar-refractivity contribution < 1.29 is 36.0 Å². The molecule has 0 saturated carbocycles. The van der Waals surface area contributed by atoms with Crippen LogP contribution < -0.4 is 15.4 Å². The summed E-state index contributed by atoms with van der Waals surface area (Å²) in [6, 6.07) is -0.825. The van der Waals surface area contributed by atoms with Gasteiger partial charge in [-0.2, -0.15) is 5.10 Å². The Labute approximate surface area is 227 Å². The predicted octanol–water partition coefficient (Wildman–Crippen LogP) is 3.91. The number of methoxy groups -OCH3 is 1. The first-order valence-electron chi connectivity index (χ1n) is 15.0. The molecule has 194 valence electrons. The predicted molar refractivity (Wildman–Crippen MR) is 136 cm³/mol. The van der Waals surface area contributed by atoms with Crippen molar-refractivity contribution >= 4 is 39.4 Å². The van der Waals surface area contributed by atoms with Crippen LogP contribution in [0.2, 0.25) is 5.02 Å². The zero-order chi connectivity index (χ0) is 35.0. The van der Waals surface area contributed by atoms with Crippen LogP contribution in [0, 0.1) is 5.82 Å². The Morgan fingerprint density at radius 2 is 2.14 bits per heavy atom. The van der Waals surface area contributed by atoms with Crippen molar-refractivity contribution in [3.63, 3.8) is 0 Å². The molecule has 2 heterocycles. The fourth-order valence-electron chi connectivity index (χ4n) is 3.03. The average Bonchev–Trinajstić information content (AvgIpc) is 3.31. The molecule has 36 heavy (non-hydrogen) atoms. The Balaban J connectivity index is 2.16. The third-order valence-corrected chi connectivity index (χ3v) is 5.29. The number of amides is 1. The maximum absolute atomic E-state index is 15.8. The first kappa shape index (κ1) is 16.3. The van der Waals surface area contributed by atoms with Crippen LogP contribution in [-0.2, 0) is 14.8 Å². The van der Waals surface area contributed by atoms with Gasteiger partial charge < -0.3 is 15.4 Å². The average molecular weight is 550 g/mol. The lowest BCUT2D eigenvalue weighted by molar-refractivity contribution is 0.168. The lowest BCUT2D eigenvalue weighted by atomic mass is 10.0. The summed E-state index contributed by atoms with van der Waals surface area (Å²) in [4.78, 5) is 20.0. The van der Waals surface area contributed by atoms with Crippen molar-refractivity contribution in [1.82, 2.24) is 25.1 Å². The molecule has 0 bridgehead atoms. The number of alkyl carbamates (subject to hydrolysis) is 1. The Morgan fingerprint density at radius 1 is 1.36 bits per heavy atom. The van der Waals surface area contributed by atoms with E-state index in [1.807, 2.05) is 4.72 Å². The summed E-state index contributed by atoms with van der Waals surface area (Å²) in [5, 5.41) is 8.88. The van der Waals surface area contributed by atoms with Crippen LogP contribution in [0.15, 0.2) is 30.6 Å². The van der Waals surface area contributed by atoms with Gasteiger partial charge in [0.2, 0.25) is 16.0 Å². The molecule has 0 radical (unpaired) electrons. The molecule has 3 N–H and O–H groups in total. The minimum absolute atomic E-state index is 0.0664. The molecule has 0 aliphatic heterocycles. The summed E-state index contributed by atoms with van der Waals surface area (Å²) in [5.74, 6) is -1.32. The summed E-state index contributed by atoms with van der Waals surface area (Å²) in [6.07, 6.45) is 1.64. The molecular weight excluding hydrogens is 513 g/mol. The molecule has 11 nitrogen and oxygen atoms in total. The number of ether oxygens (including phenoxy) is 1. The number of benzene rings is 1. The first-order chi connectivity index (χ1) is 20.8. The maximum Gasteiger partial charge on any atom is 0.407 e. The molecule has 1 amide bonds. The Kier molecular flexibility index (Phi) is 5.02. The van der Waals surface area contributed by atoms with Gasteiger partial charge in [-0.05, 0) is 38.8 Å². The van der Waals surface area contributed by atoms with E-state index >= 15 is 4.39 Å². The summed E-state index contributed by atoms with van der Waals surface area (Å²) in [6.45, 7) is -5.54. The van der Waals surface area contributed by atoms with Crippen LogP contribution in [0.5, 0.6) is 0 Å². The van der Waals surface area contributed by atoms with Gasteiger partial charge >= 0.3 is 6.09 Å². The number of nitrogens with one attached hydrogen (secondary N) is 3. The standard InChI is InChI=1S/C22H27ClFN7O4S/c1-12(2)31-11-16(17-6-7-25-21(28-17)26-10-13(3)27-22(32)35-4)20(29-31)15-8-14(23)9-18(19(15)24)30-36(5,33)34/h6-9,11-13,30H,10H2,1-5H3,(H,27,32)(H,25,26,28)/t13-/m0/s1/i1D3,2D3,4D3,12D. The van der Waals surface area contributed by atoms with Crippen molar-refractivity contribution in [2.24, 2.45) is 0 Å². The van der Waals surface area contributed by atoms with E-state index in [0.717, 1.165) is 24.6 Å². The van der Waals surface area contributed by atoms with Gasteiger partial charge in [0, 0.05) is 55.4 Å². The Bertz CT molecular complexity index is 1700. The van der Waals surface area contributed by atoms with Crippen LogP contribution in [0.4, 0.5) is 20.8 Å². The lowest BCUT2D eigenvalue weighted by Gasteiger charge is -2.14. The van der Waals surface area contributed by atoms with Crippen LogP contribution in [0.25, 0.3) is 22.5 Å². The van der Waals surface area contributed by atoms with E-state index in [0.29, 0.717) is 4.68 Å². The van der Waals surface area contributed by atoms with Crippen molar-refractivity contribution in [2.75, 3.05) is 29.9 Å². The van der Waals surface area contributed by atoms with E-state index in [1.54, 1.807) is 0 Å². The van der Waals surface area contributed by atoms with E-state index in [9.17, 15) is 13.2 Å². The van der Waals surface area contributed by atoms with E-state index < -0.39 is 71.7 Å². The molecule has 1 aromatic carbocycles. The summed E-state index contributed by atoms with van der Waals surface area (Å²) < 4.78 is 123. The molecule has 0 spiro atoms. The second-order valence-corrected chi connectivity index (χ2v) is 9.64. The molecule has 2 aromatic heterocycles. The number of hydrogen-bond donors (Lipinski definition) is 3. The quantitative estimate of drug-likeness (QED) is 0.365. The van der Waals surface area contributed by atoms with Crippen molar-refractivity contribution in [3.05, 3.63) is 41.4 Å². The largest absolute Gasteiger partial charge is 0.453 e. The number of hydrogen-bond acceptors (Lipinski definition) is 8. The normalized spacial score (nSPS) is 17.8. The fraction of sp³-hybridized carbons (Fsp3) is 0.364. The summed E-state index contributed by atoms with van der Waals surface area (Å²) >= 11 is 6.15. The van der Waals surface area contributed by atoms with E-state index in [1.165, 1.54) is 19.2 Å². The summed E-state index contributed by atoms with van der Waals surface area (Å²) in [5.41, 5.74) is -1.83. The zero-order valence-corrected chi connectivity index (χ0v) is 20.3. The molecule has 14 heteroatoms. The first-order valence-corrected chi connectivity index (χ1v) is 12.2. The smallest absolute Gasteiger partial charge is 0.407 e. The van der Waals surface area contributed by atoms with Gasteiger partial charge in [0.1, 0.15) is 5.69 Å². The van der Waals surface area contributed by atoms with Crippen molar-refractivity contribution in [3.8, 4) is 22.5 Å². The number of carbonyl (C=O) groups excluding carboxylic acids is 1. The van der Waals surface area contributed by atoms with Gasteiger partial charge in [-0.3, -0.25) is 9.40 Å². The van der Waals surface area contributed by atoms with Crippen LogP contribution in [0.1, 0.15) is 40.4 Å². The molecule has 0 aliphatic rings. The number of aromatic nitrogens is 4. The second-order valence-electron chi connectivity index (χ2n) is 7.45. The monoisotopic (exact) mass is 549 g/mol. The molecule has 3 aromatic rings. The lowest BCUT2D eigenvalue weighted by Crippen LogP contribution is -2.37. The van der Waals surface area contributed by atoms with Gasteiger partial charge in [0.05, 0.1) is 30.2 Å². The number of rotatable bonds is 9. The number of sulfonamides is 1. The minimum Gasteiger partial charge on any atom is -0.453 e. The van der Waals surface area contributed by atoms with Gasteiger partial charge in [-0.15, -0.1) is 0 Å². The van der Waals surface area contributed by atoms with E-state index in [-0.39, 0.29) is 28.8 Å². The van der Waals surface area contributed by atoms with Crippen molar-refractivity contribution in [1.29, 1.82) is 0 Å². The van der Waals surface area contributed by atoms with Crippen LogP contribution in [0.3, 0.4) is 0 Å². The Hall–Kier alpha value is -3.45. The molecule has 0 aliphatic carbocycles. The highest BCUT2D eigenvalue weighted by Crippen LogP contribution is 2.37. The number of nitrogens with zero attached hydrogens (tertiary/aromatic N) is 4. The number of anilines is 2. The third kappa shape index (κ3) is 6.82. The SMILES string of the molecule is [2H]C([2H])([2H])OC(=O)N[C@@H](C)CNc1nccc(-c2cn(C([2H])(C([2H])([2H])[2H])C([2H])([2H])[2H])nc2-c2cc(Cl)cc(NS(C)(=O)=O)c2F)n1. The van der Waals surface area contributed by atoms with Gasteiger partial charge in [0.15, 0.2) is 5.82 Å². The van der Waals surface area contributed by atoms with Gasteiger partial charge in [-0.1, -0.05) is 11.6 Å². The number of carbonyl (C=O) groups is 1. The highest BCUT2D eigenvalue weighted by molar-refractivity contribution is 7.92. The van der Waals surface area contributed by atoms with Crippen LogP contribution in [-0.4, -0.2) is 60.1 Å². The minimum atomic E-state index is -4.01. The maximum atomic E-state index is 15.8. The molecule has 0 fully saturated rings. The fourth-order valence-corrected chi connectivity index (χ4v) is 3.80. The van der Waals surface area contributed by atoms with E-state index in [4.69, 9.17) is 25.3 Å². The summed E-state index contributed by atoms with van der Waals surface area (Å²) in [7, 11) is -6.98. The molecule has 0 saturated heterocycles.